The fourth-order valence-corrected chi connectivity index (χ4v) is 4.46. The number of rotatable bonds is 6. The number of hydrogen-bond donors (Lipinski definition) is 0. The van der Waals surface area contributed by atoms with Crippen LogP contribution in [0.15, 0.2) is 48.5 Å². The number of nitrogens with zero attached hydrogens (tertiary/aromatic N) is 1. The van der Waals surface area contributed by atoms with Gasteiger partial charge in [0.25, 0.3) is 5.91 Å². The third kappa shape index (κ3) is 3.86. The zero-order chi connectivity index (χ0) is 20.4. The molecule has 2 heterocycles. The second kappa shape index (κ2) is 8.05. The van der Waals surface area contributed by atoms with Crippen molar-refractivity contribution in [2.24, 2.45) is 0 Å². The summed E-state index contributed by atoms with van der Waals surface area (Å²) in [5.74, 6) is -0.344. The first-order valence-corrected chi connectivity index (χ1v) is 10.1. The molecule has 29 heavy (non-hydrogen) atoms. The molecule has 0 N–H and O–H groups in total. The SMILES string of the molecule is Cc1c(C(=O)COC(=O)CCN2C(=O)COc3ccccc32)sc2ccccc12. The fraction of sp³-hybridized carbons (Fsp3) is 0.227. The molecule has 2 aromatic carbocycles. The van der Waals surface area contributed by atoms with Gasteiger partial charge in [-0.1, -0.05) is 30.3 Å². The number of Topliss-reactive ketones (excluding diaryl/α,β-unsaturated/α-hetero) is 1. The van der Waals surface area contributed by atoms with E-state index in [-0.39, 0.29) is 37.9 Å². The third-order valence-electron chi connectivity index (χ3n) is 4.81. The van der Waals surface area contributed by atoms with Gasteiger partial charge in [0.05, 0.1) is 17.0 Å². The van der Waals surface area contributed by atoms with Crippen molar-refractivity contribution in [2.45, 2.75) is 13.3 Å². The highest BCUT2D eigenvalue weighted by atomic mass is 32.1. The van der Waals surface area contributed by atoms with Crippen molar-refractivity contribution in [2.75, 3.05) is 24.7 Å². The van der Waals surface area contributed by atoms with Crippen LogP contribution in [0.4, 0.5) is 5.69 Å². The molecule has 0 bridgehead atoms. The van der Waals surface area contributed by atoms with Crippen molar-refractivity contribution in [3.63, 3.8) is 0 Å². The van der Waals surface area contributed by atoms with Crippen LogP contribution in [0.1, 0.15) is 21.7 Å². The van der Waals surface area contributed by atoms with E-state index in [0.717, 1.165) is 15.6 Å². The smallest absolute Gasteiger partial charge is 0.308 e. The number of aryl methyl sites for hydroxylation is 1. The first-order chi connectivity index (χ1) is 14.0. The molecule has 0 saturated heterocycles. The first-order valence-electron chi connectivity index (χ1n) is 9.24. The third-order valence-corrected chi connectivity index (χ3v) is 6.12. The van der Waals surface area contributed by atoms with E-state index in [1.54, 1.807) is 18.2 Å². The molecule has 0 radical (unpaired) electrons. The molecule has 148 valence electrons. The van der Waals surface area contributed by atoms with E-state index in [1.165, 1.54) is 16.2 Å². The Morgan fingerprint density at radius 1 is 1.14 bits per heavy atom. The summed E-state index contributed by atoms with van der Waals surface area (Å²) in [6.45, 7) is 1.71. The van der Waals surface area contributed by atoms with Crippen LogP contribution in [-0.4, -0.2) is 37.4 Å². The molecule has 3 aromatic rings. The number of amides is 1. The number of anilines is 1. The van der Waals surface area contributed by atoms with Gasteiger partial charge in [-0.2, -0.15) is 0 Å². The van der Waals surface area contributed by atoms with Gasteiger partial charge in [-0.05, 0) is 36.1 Å². The topological polar surface area (TPSA) is 72.9 Å². The summed E-state index contributed by atoms with van der Waals surface area (Å²) < 4.78 is 11.6. The van der Waals surface area contributed by atoms with Gasteiger partial charge in [-0.15, -0.1) is 11.3 Å². The largest absolute Gasteiger partial charge is 0.482 e. The molecule has 0 fully saturated rings. The summed E-state index contributed by atoms with van der Waals surface area (Å²) in [5.41, 5.74) is 1.54. The quantitative estimate of drug-likeness (QED) is 0.458. The Bertz CT molecular complexity index is 1100. The average Bonchev–Trinajstić information content (AvgIpc) is 3.08. The predicted octanol–water partition coefficient (Wildman–Crippen LogP) is 3.75. The fourth-order valence-electron chi connectivity index (χ4n) is 3.33. The summed E-state index contributed by atoms with van der Waals surface area (Å²) in [6.07, 6.45) is -0.00124. The van der Waals surface area contributed by atoms with Crippen LogP contribution in [0.25, 0.3) is 10.1 Å². The summed E-state index contributed by atoms with van der Waals surface area (Å²) >= 11 is 1.40. The van der Waals surface area contributed by atoms with Crippen molar-refractivity contribution in [3.05, 3.63) is 59.0 Å². The molecule has 0 spiro atoms. The molecule has 1 aliphatic rings. The standard InChI is InChI=1S/C22H19NO5S/c1-14-15-6-2-5-9-19(15)29-22(14)17(24)12-28-21(26)10-11-23-16-7-3-4-8-18(16)27-13-20(23)25/h2-9H,10-13H2,1H3. The van der Waals surface area contributed by atoms with E-state index < -0.39 is 5.97 Å². The molecule has 0 atom stereocenters. The van der Waals surface area contributed by atoms with Crippen LogP contribution < -0.4 is 9.64 Å². The van der Waals surface area contributed by atoms with Crippen molar-refractivity contribution in [1.29, 1.82) is 0 Å². The summed E-state index contributed by atoms with van der Waals surface area (Å²) in [6, 6.07) is 15.0. The van der Waals surface area contributed by atoms with Crippen molar-refractivity contribution in [3.8, 4) is 5.75 Å². The van der Waals surface area contributed by atoms with E-state index in [1.807, 2.05) is 37.3 Å². The van der Waals surface area contributed by atoms with Crippen molar-refractivity contribution < 1.29 is 23.9 Å². The normalized spacial score (nSPS) is 13.1. The van der Waals surface area contributed by atoms with Crippen molar-refractivity contribution >= 4 is 44.8 Å². The minimum Gasteiger partial charge on any atom is -0.482 e. The molecular weight excluding hydrogens is 390 g/mol. The maximum Gasteiger partial charge on any atom is 0.308 e. The lowest BCUT2D eigenvalue weighted by molar-refractivity contribution is -0.142. The summed E-state index contributed by atoms with van der Waals surface area (Å²) in [4.78, 5) is 38.9. The van der Waals surface area contributed by atoms with E-state index in [2.05, 4.69) is 0 Å². The molecule has 1 aliphatic heterocycles. The molecular formula is C22H19NO5S. The Morgan fingerprint density at radius 2 is 1.90 bits per heavy atom. The Labute approximate surface area is 171 Å². The van der Waals surface area contributed by atoms with Gasteiger partial charge in [0.15, 0.2) is 13.2 Å². The maximum absolute atomic E-state index is 12.5. The Hall–Kier alpha value is -3.19. The van der Waals surface area contributed by atoms with Gasteiger partial charge in [-0.25, -0.2) is 0 Å². The first kappa shape index (κ1) is 19.1. The van der Waals surface area contributed by atoms with Gasteiger partial charge >= 0.3 is 5.97 Å². The van der Waals surface area contributed by atoms with Gasteiger partial charge < -0.3 is 14.4 Å². The second-order valence-corrected chi connectivity index (χ2v) is 7.74. The molecule has 1 aromatic heterocycles. The molecule has 7 heteroatoms. The van der Waals surface area contributed by atoms with Crippen LogP contribution in [0, 0.1) is 6.92 Å². The Balaban J connectivity index is 1.35. The van der Waals surface area contributed by atoms with Crippen LogP contribution in [0.5, 0.6) is 5.75 Å². The highest BCUT2D eigenvalue weighted by molar-refractivity contribution is 7.21. The number of ether oxygens (including phenoxy) is 2. The maximum atomic E-state index is 12.5. The van der Waals surface area contributed by atoms with Crippen LogP contribution in [0.2, 0.25) is 0 Å². The number of carbonyl (C=O) groups is 3. The number of para-hydroxylation sites is 2. The zero-order valence-corrected chi connectivity index (χ0v) is 16.7. The minimum absolute atomic E-state index is 0.00124. The van der Waals surface area contributed by atoms with E-state index >= 15 is 0 Å². The lowest BCUT2D eigenvalue weighted by Gasteiger charge is -2.28. The number of thiophene rings is 1. The Morgan fingerprint density at radius 3 is 2.72 bits per heavy atom. The monoisotopic (exact) mass is 409 g/mol. The van der Waals surface area contributed by atoms with Crippen LogP contribution in [-0.2, 0) is 14.3 Å². The number of fused-ring (bicyclic) bond motifs is 2. The average molecular weight is 409 g/mol. The zero-order valence-electron chi connectivity index (χ0n) is 15.8. The molecule has 1 amide bonds. The van der Waals surface area contributed by atoms with Crippen LogP contribution >= 0.6 is 11.3 Å². The number of ketones is 1. The summed E-state index contributed by atoms with van der Waals surface area (Å²) in [5, 5.41) is 1.04. The molecule has 0 saturated carbocycles. The summed E-state index contributed by atoms with van der Waals surface area (Å²) in [7, 11) is 0. The number of esters is 1. The van der Waals surface area contributed by atoms with E-state index in [0.29, 0.717) is 16.3 Å². The van der Waals surface area contributed by atoms with E-state index in [9.17, 15) is 14.4 Å². The predicted molar refractivity (Wildman–Crippen MR) is 111 cm³/mol. The molecule has 0 aliphatic carbocycles. The van der Waals surface area contributed by atoms with E-state index in [4.69, 9.17) is 9.47 Å². The van der Waals surface area contributed by atoms with Crippen LogP contribution in [0.3, 0.4) is 0 Å². The minimum atomic E-state index is -0.520. The second-order valence-electron chi connectivity index (χ2n) is 6.69. The number of benzene rings is 2. The number of hydrogen-bond acceptors (Lipinski definition) is 6. The molecule has 4 rings (SSSR count). The molecule has 0 unspecified atom stereocenters. The number of carbonyl (C=O) groups excluding carboxylic acids is 3. The highest BCUT2D eigenvalue weighted by Gasteiger charge is 2.26. The van der Waals surface area contributed by atoms with Crippen molar-refractivity contribution in [1.82, 2.24) is 0 Å². The van der Waals surface area contributed by atoms with Gasteiger partial charge in [0.1, 0.15) is 5.75 Å². The van der Waals surface area contributed by atoms with Gasteiger partial charge in [0, 0.05) is 11.2 Å². The molecule has 6 nitrogen and oxygen atoms in total. The highest BCUT2D eigenvalue weighted by Crippen LogP contribution is 2.32. The van der Waals surface area contributed by atoms with Gasteiger partial charge in [0.2, 0.25) is 5.78 Å². The van der Waals surface area contributed by atoms with Gasteiger partial charge in [-0.3, -0.25) is 14.4 Å². The Kier molecular flexibility index (Phi) is 5.31. The lowest BCUT2D eigenvalue weighted by atomic mass is 10.1. The lowest BCUT2D eigenvalue weighted by Crippen LogP contribution is -2.40.